The van der Waals surface area contributed by atoms with Crippen molar-refractivity contribution in [2.24, 2.45) is 0 Å². The molecular formula is C19H26N4O3. The highest BCUT2D eigenvalue weighted by molar-refractivity contribution is 6.05. The molecular weight excluding hydrogens is 332 g/mol. The fraction of sp³-hybridized carbons (Fsp3) is 0.526. The van der Waals surface area contributed by atoms with Crippen molar-refractivity contribution >= 4 is 23.5 Å². The molecule has 2 saturated heterocycles. The van der Waals surface area contributed by atoms with Crippen molar-refractivity contribution in [3.05, 3.63) is 29.8 Å². The monoisotopic (exact) mass is 358 g/mol. The van der Waals surface area contributed by atoms with Gasteiger partial charge in [-0.15, -0.1) is 0 Å². The Bertz CT molecular complexity index is 720. The summed E-state index contributed by atoms with van der Waals surface area (Å²) in [5, 5.41) is 0. The number of carbonyl (C=O) groups is 3. The van der Waals surface area contributed by atoms with Crippen molar-refractivity contribution in [2.75, 3.05) is 45.2 Å². The largest absolute Gasteiger partial charge is 0.369 e. The number of aryl methyl sites for hydroxylation is 1. The maximum Gasteiger partial charge on any atom is 0.326 e. The number of urea groups is 1. The van der Waals surface area contributed by atoms with Gasteiger partial charge >= 0.3 is 6.03 Å². The van der Waals surface area contributed by atoms with Crippen LogP contribution in [0.2, 0.25) is 0 Å². The van der Waals surface area contributed by atoms with Gasteiger partial charge in [0.1, 0.15) is 6.04 Å². The lowest BCUT2D eigenvalue weighted by molar-refractivity contribution is -0.136. The molecule has 0 saturated carbocycles. The zero-order chi connectivity index (χ0) is 18.8. The number of likely N-dealkylation sites (N-methyl/N-ethyl adjacent to an activating group) is 2. The number of benzene rings is 1. The van der Waals surface area contributed by atoms with Gasteiger partial charge in [0.2, 0.25) is 5.91 Å². The molecule has 140 valence electrons. The maximum atomic E-state index is 12.7. The summed E-state index contributed by atoms with van der Waals surface area (Å²) in [4.78, 5) is 43.3. The molecule has 2 fully saturated rings. The standard InChI is InChI=1S/C19H26N4O3/c1-14-7-4-5-8-15(14)22-9-6-10-23(12-11-22)17(24)13-16-18(25)21(3)19(26)20(16)2/h4-5,7-8,16H,6,9-13H2,1-3H3/t16-/m0/s1. The molecule has 3 rings (SSSR count). The Morgan fingerprint density at radius 2 is 1.81 bits per heavy atom. The van der Waals surface area contributed by atoms with Crippen LogP contribution in [-0.4, -0.2) is 78.9 Å². The normalized spacial score (nSPS) is 21.4. The first-order chi connectivity index (χ1) is 12.4. The van der Waals surface area contributed by atoms with Gasteiger partial charge < -0.3 is 14.7 Å². The van der Waals surface area contributed by atoms with Gasteiger partial charge in [0.15, 0.2) is 0 Å². The Balaban J connectivity index is 1.62. The van der Waals surface area contributed by atoms with Crippen LogP contribution in [0.4, 0.5) is 10.5 Å². The average Bonchev–Trinajstić information content (AvgIpc) is 2.84. The Kier molecular flexibility index (Phi) is 5.15. The van der Waals surface area contributed by atoms with E-state index < -0.39 is 6.04 Å². The fourth-order valence-corrected chi connectivity index (χ4v) is 3.70. The van der Waals surface area contributed by atoms with Crippen molar-refractivity contribution in [1.29, 1.82) is 0 Å². The summed E-state index contributed by atoms with van der Waals surface area (Å²) in [6.07, 6.45) is 0.934. The number of hydrogen-bond acceptors (Lipinski definition) is 4. The molecule has 0 aromatic heterocycles. The van der Waals surface area contributed by atoms with E-state index in [1.807, 2.05) is 17.0 Å². The maximum absolute atomic E-state index is 12.7. The van der Waals surface area contributed by atoms with Crippen LogP contribution in [0, 0.1) is 6.92 Å². The third kappa shape index (κ3) is 3.38. The molecule has 0 radical (unpaired) electrons. The molecule has 0 bridgehead atoms. The topological polar surface area (TPSA) is 64.2 Å². The summed E-state index contributed by atoms with van der Waals surface area (Å²) in [6.45, 7) is 5.07. The number of anilines is 1. The van der Waals surface area contributed by atoms with Crippen molar-refractivity contribution < 1.29 is 14.4 Å². The molecule has 2 aliphatic heterocycles. The van der Waals surface area contributed by atoms with Gasteiger partial charge in [-0.05, 0) is 25.0 Å². The van der Waals surface area contributed by atoms with Crippen LogP contribution in [0.1, 0.15) is 18.4 Å². The Morgan fingerprint density at radius 1 is 1.08 bits per heavy atom. The summed E-state index contributed by atoms with van der Waals surface area (Å²) < 4.78 is 0. The number of para-hydroxylation sites is 1. The minimum absolute atomic E-state index is 0.0514. The van der Waals surface area contributed by atoms with Crippen molar-refractivity contribution in [1.82, 2.24) is 14.7 Å². The molecule has 1 aromatic carbocycles. The molecule has 0 unspecified atom stereocenters. The van der Waals surface area contributed by atoms with E-state index in [4.69, 9.17) is 0 Å². The van der Waals surface area contributed by atoms with Gasteiger partial charge in [-0.3, -0.25) is 14.5 Å². The van der Waals surface area contributed by atoms with E-state index in [2.05, 4.69) is 24.0 Å². The highest BCUT2D eigenvalue weighted by Crippen LogP contribution is 2.22. The van der Waals surface area contributed by atoms with Crippen LogP contribution in [0.15, 0.2) is 24.3 Å². The Morgan fingerprint density at radius 3 is 2.46 bits per heavy atom. The lowest BCUT2D eigenvalue weighted by Crippen LogP contribution is -2.41. The summed E-state index contributed by atoms with van der Waals surface area (Å²) in [5.41, 5.74) is 2.44. The van der Waals surface area contributed by atoms with Gasteiger partial charge in [0.05, 0.1) is 6.42 Å². The quantitative estimate of drug-likeness (QED) is 0.765. The predicted octanol–water partition coefficient (Wildman–Crippen LogP) is 1.32. The van der Waals surface area contributed by atoms with Gasteiger partial charge in [0.25, 0.3) is 5.91 Å². The van der Waals surface area contributed by atoms with E-state index in [0.29, 0.717) is 13.1 Å². The molecule has 0 spiro atoms. The van der Waals surface area contributed by atoms with E-state index in [-0.39, 0.29) is 24.3 Å². The van der Waals surface area contributed by atoms with Crippen LogP contribution in [0.25, 0.3) is 0 Å². The predicted molar refractivity (Wildman–Crippen MR) is 98.9 cm³/mol. The van der Waals surface area contributed by atoms with Crippen LogP contribution in [-0.2, 0) is 9.59 Å². The third-order valence-electron chi connectivity index (χ3n) is 5.34. The van der Waals surface area contributed by atoms with Crippen molar-refractivity contribution in [3.8, 4) is 0 Å². The minimum Gasteiger partial charge on any atom is -0.369 e. The van der Waals surface area contributed by atoms with Gasteiger partial charge in [-0.1, -0.05) is 18.2 Å². The number of amides is 4. The number of nitrogens with zero attached hydrogens (tertiary/aromatic N) is 4. The summed E-state index contributed by atoms with van der Waals surface area (Å²) >= 11 is 0. The molecule has 26 heavy (non-hydrogen) atoms. The molecule has 4 amide bonds. The Labute approximate surface area is 154 Å². The van der Waals surface area contributed by atoms with E-state index in [9.17, 15) is 14.4 Å². The molecule has 1 atom stereocenters. The fourth-order valence-electron chi connectivity index (χ4n) is 3.70. The second-order valence-electron chi connectivity index (χ2n) is 7.02. The highest BCUT2D eigenvalue weighted by atomic mass is 16.2. The van der Waals surface area contributed by atoms with Gasteiger partial charge in [-0.2, -0.15) is 0 Å². The lowest BCUT2D eigenvalue weighted by atomic mass is 10.1. The number of carbonyl (C=O) groups excluding carboxylic acids is 3. The van der Waals surface area contributed by atoms with Crippen LogP contribution < -0.4 is 4.90 Å². The van der Waals surface area contributed by atoms with E-state index in [1.54, 1.807) is 7.05 Å². The molecule has 2 heterocycles. The molecule has 7 nitrogen and oxygen atoms in total. The third-order valence-corrected chi connectivity index (χ3v) is 5.34. The van der Waals surface area contributed by atoms with Gasteiger partial charge in [-0.25, -0.2) is 4.79 Å². The average molecular weight is 358 g/mol. The first kappa shape index (κ1) is 18.2. The van der Waals surface area contributed by atoms with Crippen molar-refractivity contribution in [3.63, 3.8) is 0 Å². The van der Waals surface area contributed by atoms with E-state index >= 15 is 0 Å². The Hall–Kier alpha value is -2.57. The zero-order valence-electron chi connectivity index (χ0n) is 15.6. The second kappa shape index (κ2) is 7.35. The SMILES string of the molecule is Cc1ccccc1N1CCCN(C(=O)C[C@H]2C(=O)N(C)C(=O)N2C)CC1. The van der Waals surface area contributed by atoms with Crippen LogP contribution in [0.3, 0.4) is 0 Å². The minimum atomic E-state index is -0.685. The first-order valence-electron chi connectivity index (χ1n) is 9.03. The summed E-state index contributed by atoms with van der Waals surface area (Å²) in [5.74, 6) is -0.368. The van der Waals surface area contributed by atoms with E-state index in [1.165, 1.54) is 23.2 Å². The van der Waals surface area contributed by atoms with Crippen LogP contribution >= 0.6 is 0 Å². The van der Waals surface area contributed by atoms with Crippen LogP contribution in [0.5, 0.6) is 0 Å². The number of rotatable bonds is 3. The molecule has 0 aliphatic carbocycles. The smallest absolute Gasteiger partial charge is 0.326 e. The molecule has 0 N–H and O–H groups in total. The number of hydrogen-bond donors (Lipinski definition) is 0. The van der Waals surface area contributed by atoms with Crippen molar-refractivity contribution in [2.45, 2.75) is 25.8 Å². The molecule has 2 aliphatic rings. The summed E-state index contributed by atoms with van der Waals surface area (Å²) in [6, 6.07) is 7.23. The lowest BCUT2D eigenvalue weighted by Gasteiger charge is -2.26. The molecule has 7 heteroatoms. The zero-order valence-corrected chi connectivity index (χ0v) is 15.6. The summed E-state index contributed by atoms with van der Waals surface area (Å²) in [7, 11) is 3.03. The second-order valence-corrected chi connectivity index (χ2v) is 7.02. The number of imide groups is 1. The van der Waals surface area contributed by atoms with Gasteiger partial charge in [0, 0.05) is 46.0 Å². The molecule has 1 aromatic rings. The first-order valence-corrected chi connectivity index (χ1v) is 9.03. The highest BCUT2D eigenvalue weighted by Gasteiger charge is 2.42. The van der Waals surface area contributed by atoms with E-state index in [0.717, 1.165) is 24.4 Å².